The molecule has 1 saturated heterocycles. The highest BCUT2D eigenvalue weighted by Gasteiger charge is 2.30. The first-order valence-corrected chi connectivity index (χ1v) is 12.9. The van der Waals surface area contributed by atoms with Crippen LogP contribution in [0.3, 0.4) is 0 Å². The Balaban J connectivity index is 1.66. The minimum absolute atomic E-state index is 0.204. The van der Waals surface area contributed by atoms with Crippen molar-refractivity contribution in [3.63, 3.8) is 0 Å². The Morgan fingerprint density at radius 3 is 2.69 bits per heavy atom. The predicted molar refractivity (Wildman–Crippen MR) is 129 cm³/mol. The highest BCUT2D eigenvalue weighted by molar-refractivity contribution is 7.61. The van der Waals surface area contributed by atoms with E-state index in [1.54, 1.807) is 26.2 Å². The fourth-order valence-corrected chi connectivity index (χ4v) is 5.87. The smallest absolute Gasteiger partial charge is 0.358 e. The maximum absolute atomic E-state index is 12.4. The maximum Gasteiger partial charge on any atom is 0.358 e. The van der Waals surface area contributed by atoms with Crippen molar-refractivity contribution in [3.05, 3.63) is 59.3 Å². The van der Waals surface area contributed by atoms with Gasteiger partial charge in [0.1, 0.15) is 5.75 Å². The second-order valence-corrected chi connectivity index (χ2v) is 10.6. The van der Waals surface area contributed by atoms with Gasteiger partial charge in [0, 0.05) is 35.2 Å². The molecular weight excluding hydrogens is 423 g/mol. The molecule has 3 atom stereocenters. The van der Waals surface area contributed by atoms with Crippen molar-refractivity contribution in [1.82, 2.24) is 9.88 Å². The van der Waals surface area contributed by atoms with Gasteiger partial charge in [0.05, 0.1) is 19.0 Å². The number of piperidine rings is 1. The molecule has 7 heteroatoms. The number of fused-ring (bicyclic) bond motifs is 1. The van der Waals surface area contributed by atoms with E-state index in [9.17, 15) is 9.46 Å². The molecule has 2 aromatic carbocycles. The van der Waals surface area contributed by atoms with E-state index in [4.69, 9.17) is 9.26 Å². The number of benzene rings is 2. The molecule has 1 unspecified atom stereocenters. The maximum atomic E-state index is 12.4. The number of nitrogens with one attached hydrogen (secondary N) is 1. The zero-order valence-electron chi connectivity index (χ0n) is 19.3. The second kappa shape index (κ2) is 9.40. The van der Waals surface area contributed by atoms with Gasteiger partial charge >= 0.3 is 7.60 Å². The number of aryl methyl sites for hydroxylation is 1. The van der Waals surface area contributed by atoms with Crippen LogP contribution in [0.1, 0.15) is 49.4 Å². The monoisotopic (exact) mass is 456 g/mol. The lowest BCUT2D eigenvalue weighted by molar-refractivity contribution is 0.110. The van der Waals surface area contributed by atoms with Gasteiger partial charge in [-0.2, -0.15) is 0 Å². The number of methoxy groups -OCH3 is 1. The summed E-state index contributed by atoms with van der Waals surface area (Å²) in [4.78, 5) is 16.0. The first-order chi connectivity index (χ1) is 15.3. The van der Waals surface area contributed by atoms with Crippen LogP contribution in [0.15, 0.2) is 42.6 Å². The summed E-state index contributed by atoms with van der Waals surface area (Å²) in [5.74, 6) is 1.54. The lowest BCUT2D eigenvalue weighted by Crippen LogP contribution is -2.36. The minimum Gasteiger partial charge on any atom is -0.496 e. The summed E-state index contributed by atoms with van der Waals surface area (Å²) >= 11 is 0. The van der Waals surface area contributed by atoms with Crippen LogP contribution in [0.5, 0.6) is 5.75 Å². The molecule has 1 aliphatic rings. The van der Waals surface area contributed by atoms with Crippen LogP contribution in [-0.2, 0) is 15.6 Å². The zero-order chi connectivity index (χ0) is 22.9. The Kier molecular flexibility index (Phi) is 6.78. The highest BCUT2D eigenvalue weighted by atomic mass is 31.2. The average molecular weight is 457 g/mol. The van der Waals surface area contributed by atoms with E-state index in [0.717, 1.165) is 42.8 Å². The highest BCUT2D eigenvalue weighted by Crippen LogP contribution is 2.42. The third-order valence-electron chi connectivity index (χ3n) is 6.58. The molecule has 1 aromatic heterocycles. The van der Waals surface area contributed by atoms with E-state index < -0.39 is 7.60 Å². The largest absolute Gasteiger partial charge is 0.496 e. The zero-order valence-corrected chi connectivity index (χ0v) is 20.2. The molecule has 0 amide bonds. The Hall–Kier alpha value is -2.11. The molecule has 1 fully saturated rings. The molecule has 1 aliphatic heterocycles. The Morgan fingerprint density at radius 1 is 1.25 bits per heavy atom. The normalized spacial score (nSPS) is 21.5. The Morgan fingerprint density at radius 2 is 2.00 bits per heavy atom. The molecule has 3 aromatic rings. The number of nitrogens with zero attached hydrogens (tertiary/aromatic N) is 1. The fourth-order valence-electron chi connectivity index (χ4n) is 4.84. The molecule has 4 rings (SSSR count). The van der Waals surface area contributed by atoms with E-state index in [-0.39, 0.29) is 12.6 Å². The summed E-state index contributed by atoms with van der Waals surface area (Å²) in [7, 11) is -2.02. The van der Waals surface area contributed by atoms with Gasteiger partial charge in [0.2, 0.25) is 0 Å². The van der Waals surface area contributed by atoms with Crippen molar-refractivity contribution >= 4 is 23.8 Å². The van der Waals surface area contributed by atoms with Crippen molar-refractivity contribution in [2.75, 3.05) is 20.3 Å². The van der Waals surface area contributed by atoms with E-state index >= 15 is 0 Å². The molecule has 0 aliphatic carbocycles. The van der Waals surface area contributed by atoms with Gasteiger partial charge in [-0.25, -0.2) is 0 Å². The number of rotatable bonds is 7. The van der Waals surface area contributed by atoms with Crippen LogP contribution in [0.25, 0.3) is 10.9 Å². The van der Waals surface area contributed by atoms with Crippen LogP contribution in [-0.4, -0.2) is 35.0 Å². The minimum atomic E-state index is -3.76. The number of hydrogen-bond donors (Lipinski definition) is 2. The van der Waals surface area contributed by atoms with E-state index in [0.29, 0.717) is 11.2 Å². The van der Waals surface area contributed by atoms with Crippen LogP contribution >= 0.6 is 7.60 Å². The SMILES string of the molecule is CCOP(=O)(O)c1ccc([C@H]2C[C@@H](C)CCN2Cc2c(OC)cc(C)c3[nH]ccc23)cc1. The Labute approximate surface area is 190 Å². The molecule has 0 bridgehead atoms. The van der Waals surface area contributed by atoms with E-state index in [1.807, 2.05) is 18.3 Å². The summed E-state index contributed by atoms with van der Waals surface area (Å²) in [5, 5.41) is 1.54. The van der Waals surface area contributed by atoms with Gasteiger partial charge in [-0.1, -0.05) is 19.1 Å². The molecule has 172 valence electrons. The number of hydrogen-bond acceptors (Lipinski definition) is 4. The molecule has 2 heterocycles. The molecule has 6 nitrogen and oxygen atoms in total. The van der Waals surface area contributed by atoms with Crippen molar-refractivity contribution < 1.29 is 18.7 Å². The van der Waals surface area contributed by atoms with Gasteiger partial charge in [0.15, 0.2) is 0 Å². The molecule has 0 spiro atoms. The Bertz CT molecular complexity index is 1120. The van der Waals surface area contributed by atoms with Crippen LogP contribution < -0.4 is 10.0 Å². The number of aromatic amines is 1. The van der Waals surface area contributed by atoms with Crippen molar-refractivity contribution in [2.24, 2.45) is 5.92 Å². The second-order valence-electron chi connectivity index (χ2n) is 8.79. The predicted octanol–water partition coefficient (Wildman–Crippen LogP) is 5.31. The van der Waals surface area contributed by atoms with Gasteiger partial charge in [-0.3, -0.25) is 9.46 Å². The van der Waals surface area contributed by atoms with Crippen LogP contribution in [0.4, 0.5) is 0 Å². The molecule has 0 saturated carbocycles. The van der Waals surface area contributed by atoms with Gasteiger partial charge in [0.25, 0.3) is 0 Å². The van der Waals surface area contributed by atoms with Gasteiger partial charge < -0.3 is 19.1 Å². The average Bonchev–Trinajstić information content (AvgIpc) is 3.27. The van der Waals surface area contributed by atoms with E-state index in [2.05, 4.69) is 35.9 Å². The quantitative estimate of drug-likeness (QED) is 0.472. The summed E-state index contributed by atoms with van der Waals surface area (Å²) in [6, 6.07) is 11.9. The van der Waals surface area contributed by atoms with Crippen LogP contribution in [0.2, 0.25) is 0 Å². The lowest BCUT2D eigenvalue weighted by atomic mass is 9.87. The molecule has 32 heavy (non-hydrogen) atoms. The standard InChI is InChI=1S/C25H33N2O4P/c1-5-31-32(28,29)20-8-6-19(7-9-20)23-14-17(2)11-13-27(23)16-22-21-10-12-26-25(21)18(3)15-24(22)30-4/h6-10,12,15,17,23,26H,5,11,13-14,16H2,1-4H3,(H,28,29)/t17-,23+/m0/s1. The number of aromatic nitrogens is 1. The third-order valence-corrected chi connectivity index (χ3v) is 8.14. The summed E-state index contributed by atoms with van der Waals surface area (Å²) in [6.07, 6.45) is 4.18. The summed E-state index contributed by atoms with van der Waals surface area (Å²) < 4.78 is 23.2. The van der Waals surface area contributed by atoms with Gasteiger partial charge in [-0.15, -0.1) is 0 Å². The third kappa shape index (κ3) is 4.51. The number of H-pyrrole nitrogens is 1. The summed E-state index contributed by atoms with van der Waals surface area (Å²) in [6.45, 7) is 8.10. The van der Waals surface area contributed by atoms with Crippen molar-refractivity contribution in [1.29, 1.82) is 0 Å². The molecule has 0 radical (unpaired) electrons. The van der Waals surface area contributed by atoms with Gasteiger partial charge in [-0.05, 0) is 74.5 Å². The van der Waals surface area contributed by atoms with Crippen molar-refractivity contribution in [3.8, 4) is 5.75 Å². The first kappa shape index (κ1) is 23.1. The number of ether oxygens (including phenoxy) is 1. The molecular formula is C25H33N2O4P. The molecule has 2 N–H and O–H groups in total. The first-order valence-electron chi connectivity index (χ1n) is 11.3. The fraction of sp³-hybridized carbons (Fsp3) is 0.440. The van der Waals surface area contributed by atoms with Crippen LogP contribution in [0, 0.1) is 12.8 Å². The summed E-state index contributed by atoms with van der Waals surface area (Å²) in [5.41, 5.74) is 4.68. The van der Waals surface area contributed by atoms with E-state index in [1.165, 1.54) is 16.5 Å². The van der Waals surface area contributed by atoms with Crippen molar-refractivity contribution in [2.45, 2.75) is 46.2 Å². The lowest BCUT2D eigenvalue weighted by Gasteiger charge is -2.39. The number of likely N-dealkylation sites (tertiary alicyclic amines) is 1. The topological polar surface area (TPSA) is 74.8 Å².